The lowest BCUT2D eigenvalue weighted by Gasteiger charge is -2.26. The average Bonchev–Trinajstić information content (AvgIpc) is 3.83. The first-order valence-electron chi connectivity index (χ1n) is 18.7. The fourth-order valence-electron chi connectivity index (χ4n) is 8.30. The number of para-hydroxylation sites is 1. The van der Waals surface area contributed by atoms with Crippen molar-refractivity contribution >= 4 is 81.3 Å². The summed E-state index contributed by atoms with van der Waals surface area (Å²) in [6.07, 6.45) is 0. The highest BCUT2D eigenvalue weighted by molar-refractivity contribution is 7.25. The minimum Gasteiger partial charge on any atom is -0.456 e. The molecule has 0 unspecified atom stereocenters. The van der Waals surface area contributed by atoms with Crippen LogP contribution in [0.2, 0.25) is 0 Å². The molecule has 2 heterocycles. The molecule has 0 aliphatic heterocycles. The van der Waals surface area contributed by atoms with E-state index >= 15 is 0 Å². The van der Waals surface area contributed by atoms with E-state index < -0.39 is 0 Å². The van der Waals surface area contributed by atoms with Gasteiger partial charge in [-0.1, -0.05) is 146 Å². The summed E-state index contributed by atoms with van der Waals surface area (Å²) in [6, 6.07) is 72.1. The summed E-state index contributed by atoms with van der Waals surface area (Å²) in [5.74, 6) is 0. The minimum atomic E-state index is 0.874. The van der Waals surface area contributed by atoms with E-state index in [0.29, 0.717) is 0 Å². The number of thiophene rings is 1. The van der Waals surface area contributed by atoms with E-state index in [4.69, 9.17) is 4.42 Å². The van der Waals surface area contributed by atoms with Crippen LogP contribution >= 0.6 is 11.3 Å². The SMILES string of the molecule is c1ccc2c(-c3ccc(-c4ccc(N(c5ccc(-c6cccc7sc8ccccc8c67)cc5)c5cccc6oc7ccccc7c56)cc4)cc3)cccc2c1. The van der Waals surface area contributed by atoms with Crippen LogP contribution in [0, 0.1) is 0 Å². The van der Waals surface area contributed by atoms with E-state index in [1.54, 1.807) is 0 Å². The van der Waals surface area contributed by atoms with Crippen LogP contribution in [0.1, 0.15) is 0 Å². The highest BCUT2D eigenvalue weighted by Gasteiger charge is 2.20. The lowest BCUT2D eigenvalue weighted by atomic mass is 9.96. The number of furan rings is 1. The highest BCUT2D eigenvalue weighted by Crippen LogP contribution is 2.45. The summed E-state index contributed by atoms with van der Waals surface area (Å²) in [5, 5.41) is 7.37. The van der Waals surface area contributed by atoms with Crippen LogP contribution in [0.15, 0.2) is 205 Å². The third-order valence-corrected chi connectivity index (χ3v) is 12.0. The first kappa shape index (κ1) is 31.6. The van der Waals surface area contributed by atoms with Crippen LogP contribution in [0.5, 0.6) is 0 Å². The molecule has 0 saturated heterocycles. The predicted molar refractivity (Wildman–Crippen MR) is 235 cm³/mol. The molecule has 55 heavy (non-hydrogen) atoms. The number of nitrogens with zero attached hydrogens (tertiary/aromatic N) is 1. The van der Waals surface area contributed by atoms with E-state index in [2.05, 4.69) is 193 Å². The maximum absolute atomic E-state index is 6.38. The Balaban J connectivity index is 1.00. The van der Waals surface area contributed by atoms with E-state index in [1.165, 1.54) is 64.3 Å². The van der Waals surface area contributed by atoms with Gasteiger partial charge in [-0.05, 0) is 98.8 Å². The van der Waals surface area contributed by atoms with Crippen molar-refractivity contribution in [2.75, 3.05) is 4.90 Å². The minimum absolute atomic E-state index is 0.874. The van der Waals surface area contributed by atoms with Crippen molar-refractivity contribution in [1.29, 1.82) is 0 Å². The Morgan fingerprint density at radius 1 is 0.345 bits per heavy atom. The van der Waals surface area contributed by atoms with Crippen molar-refractivity contribution in [3.63, 3.8) is 0 Å². The lowest BCUT2D eigenvalue weighted by molar-refractivity contribution is 0.669. The molecule has 0 atom stereocenters. The normalized spacial score (nSPS) is 11.6. The highest BCUT2D eigenvalue weighted by atomic mass is 32.1. The monoisotopic (exact) mass is 719 g/mol. The molecule has 0 radical (unpaired) electrons. The zero-order valence-corrected chi connectivity index (χ0v) is 30.6. The molecule has 11 rings (SSSR count). The zero-order valence-electron chi connectivity index (χ0n) is 29.8. The number of rotatable bonds is 6. The number of benzene rings is 9. The summed E-state index contributed by atoms with van der Waals surface area (Å²) < 4.78 is 9.01. The molecule has 2 nitrogen and oxygen atoms in total. The van der Waals surface area contributed by atoms with Crippen LogP contribution in [0.3, 0.4) is 0 Å². The Bertz CT molecular complexity index is 3180. The first-order chi connectivity index (χ1) is 27.3. The van der Waals surface area contributed by atoms with E-state index in [1.807, 2.05) is 23.5 Å². The maximum atomic E-state index is 6.38. The van der Waals surface area contributed by atoms with E-state index in [0.717, 1.165) is 39.0 Å². The van der Waals surface area contributed by atoms with Crippen molar-refractivity contribution in [3.8, 4) is 33.4 Å². The summed E-state index contributed by atoms with van der Waals surface area (Å²) >= 11 is 1.86. The molecule has 0 amide bonds. The van der Waals surface area contributed by atoms with Crippen LogP contribution in [0.4, 0.5) is 17.1 Å². The summed E-state index contributed by atoms with van der Waals surface area (Å²) in [4.78, 5) is 2.36. The van der Waals surface area contributed by atoms with Gasteiger partial charge in [-0.25, -0.2) is 0 Å². The van der Waals surface area contributed by atoms with Crippen LogP contribution < -0.4 is 4.90 Å². The molecule has 3 heteroatoms. The Morgan fingerprint density at radius 3 is 1.67 bits per heavy atom. The third-order valence-electron chi connectivity index (χ3n) is 10.9. The fraction of sp³-hybridized carbons (Fsp3) is 0. The third kappa shape index (κ3) is 5.32. The van der Waals surface area contributed by atoms with Gasteiger partial charge < -0.3 is 9.32 Å². The molecular weight excluding hydrogens is 687 g/mol. The smallest absolute Gasteiger partial charge is 0.137 e. The number of anilines is 3. The van der Waals surface area contributed by atoms with Gasteiger partial charge >= 0.3 is 0 Å². The van der Waals surface area contributed by atoms with Crippen molar-refractivity contribution in [2.24, 2.45) is 0 Å². The van der Waals surface area contributed by atoms with Gasteiger partial charge in [-0.2, -0.15) is 0 Å². The summed E-state index contributed by atoms with van der Waals surface area (Å²) in [6.45, 7) is 0. The molecule has 0 bridgehead atoms. The van der Waals surface area contributed by atoms with Gasteiger partial charge in [0.1, 0.15) is 11.2 Å². The van der Waals surface area contributed by atoms with E-state index in [-0.39, 0.29) is 0 Å². The van der Waals surface area contributed by atoms with Gasteiger partial charge in [0.25, 0.3) is 0 Å². The molecule has 2 aromatic heterocycles. The first-order valence-corrected chi connectivity index (χ1v) is 19.5. The average molecular weight is 720 g/mol. The molecule has 9 aromatic carbocycles. The molecule has 11 aromatic rings. The number of fused-ring (bicyclic) bond motifs is 7. The van der Waals surface area contributed by atoms with Crippen molar-refractivity contribution < 1.29 is 4.42 Å². The Hall–Kier alpha value is -6.94. The second-order valence-electron chi connectivity index (χ2n) is 14.1. The molecule has 0 saturated carbocycles. The fourth-order valence-corrected chi connectivity index (χ4v) is 9.43. The van der Waals surface area contributed by atoms with Crippen molar-refractivity contribution in [1.82, 2.24) is 0 Å². The van der Waals surface area contributed by atoms with Crippen LogP contribution in [-0.4, -0.2) is 0 Å². The zero-order chi connectivity index (χ0) is 36.3. The molecule has 0 fully saturated rings. The second-order valence-corrected chi connectivity index (χ2v) is 15.1. The predicted octanol–water partition coefficient (Wildman–Crippen LogP) is 15.6. The Labute approximate surface area is 322 Å². The van der Waals surface area contributed by atoms with Crippen LogP contribution in [0.25, 0.3) is 86.3 Å². The van der Waals surface area contributed by atoms with Gasteiger partial charge in [-0.3, -0.25) is 0 Å². The molecule has 0 aliphatic rings. The van der Waals surface area contributed by atoms with Gasteiger partial charge in [0.15, 0.2) is 0 Å². The van der Waals surface area contributed by atoms with Crippen molar-refractivity contribution in [3.05, 3.63) is 200 Å². The summed E-state index contributed by atoms with van der Waals surface area (Å²) in [5.41, 5.74) is 12.3. The largest absolute Gasteiger partial charge is 0.456 e. The molecule has 258 valence electrons. The Morgan fingerprint density at radius 2 is 0.873 bits per heavy atom. The van der Waals surface area contributed by atoms with Gasteiger partial charge in [-0.15, -0.1) is 11.3 Å². The van der Waals surface area contributed by atoms with Gasteiger partial charge in [0.05, 0.1) is 11.1 Å². The van der Waals surface area contributed by atoms with Crippen LogP contribution in [-0.2, 0) is 0 Å². The number of hydrogen-bond acceptors (Lipinski definition) is 3. The van der Waals surface area contributed by atoms with Crippen molar-refractivity contribution in [2.45, 2.75) is 0 Å². The standard InChI is InChI=1S/C52H33NOS/c1-2-12-41-36(10-1)11-7-15-42(41)37-24-22-34(23-25-37)35-26-30-39(31-27-35)53(46-17-9-19-48-52(46)44-13-3-5-18-47(44)54-48)40-32-28-38(29-33-40)43-16-8-21-50-51(43)45-14-4-6-20-49(45)55-50/h1-33H. The topological polar surface area (TPSA) is 16.4 Å². The Kier molecular flexibility index (Phi) is 7.39. The van der Waals surface area contributed by atoms with Gasteiger partial charge in [0.2, 0.25) is 0 Å². The number of hydrogen-bond donors (Lipinski definition) is 0. The molecule has 0 spiro atoms. The maximum Gasteiger partial charge on any atom is 0.137 e. The summed E-state index contributed by atoms with van der Waals surface area (Å²) in [7, 11) is 0. The lowest BCUT2D eigenvalue weighted by Crippen LogP contribution is -2.10. The van der Waals surface area contributed by atoms with Gasteiger partial charge in [0, 0.05) is 36.9 Å². The molecule has 0 N–H and O–H groups in total. The van der Waals surface area contributed by atoms with E-state index in [9.17, 15) is 0 Å². The molecule has 0 aliphatic carbocycles. The second kappa shape index (κ2) is 12.9. The molecular formula is C52H33NOS. The quantitative estimate of drug-likeness (QED) is 0.170.